The van der Waals surface area contributed by atoms with Crippen LogP contribution in [0.4, 0.5) is 4.39 Å². The standard InChI is InChI=1S/C13H15FN2O3S/c1-2-7-16(9-3-4-9)13(17)11-6-5-10(8-12(11)14)20(15,18)19/h2,5-6,8-9H,1,3-4,7H2,(H2,15,18,19). The van der Waals surface area contributed by atoms with Crippen LogP contribution >= 0.6 is 0 Å². The summed E-state index contributed by atoms with van der Waals surface area (Å²) in [5.74, 6) is -1.36. The van der Waals surface area contributed by atoms with Gasteiger partial charge in [-0.05, 0) is 31.0 Å². The lowest BCUT2D eigenvalue weighted by atomic mass is 10.2. The van der Waals surface area contributed by atoms with Gasteiger partial charge >= 0.3 is 0 Å². The first-order valence-corrected chi connectivity index (χ1v) is 7.63. The van der Waals surface area contributed by atoms with Crippen molar-refractivity contribution in [3.63, 3.8) is 0 Å². The average Bonchev–Trinajstić information content (AvgIpc) is 3.18. The van der Waals surface area contributed by atoms with Gasteiger partial charge in [0, 0.05) is 12.6 Å². The first-order chi connectivity index (χ1) is 9.34. The summed E-state index contributed by atoms with van der Waals surface area (Å²) < 4.78 is 36.2. The van der Waals surface area contributed by atoms with Crippen molar-refractivity contribution in [1.29, 1.82) is 0 Å². The first-order valence-electron chi connectivity index (χ1n) is 6.09. The van der Waals surface area contributed by atoms with E-state index in [2.05, 4.69) is 6.58 Å². The predicted molar refractivity (Wildman–Crippen MR) is 72.0 cm³/mol. The highest BCUT2D eigenvalue weighted by molar-refractivity contribution is 7.89. The fourth-order valence-corrected chi connectivity index (χ4v) is 2.45. The van der Waals surface area contributed by atoms with Crippen LogP contribution in [0.3, 0.4) is 0 Å². The van der Waals surface area contributed by atoms with E-state index >= 15 is 0 Å². The Kier molecular flexibility index (Phi) is 3.92. The number of carbonyl (C=O) groups is 1. The molecule has 108 valence electrons. The van der Waals surface area contributed by atoms with Crippen molar-refractivity contribution >= 4 is 15.9 Å². The molecule has 1 aliphatic carbocycles. The van der Waals surface area contributed by atoms with Crippen LogP contribution < -0.4 is 5.14 Å². The molecule has 0 unspecified atom stereocenters. The normalized spacial score (nSPS) is 14.9. The molecule has 1 amide bonds. The van der Waals surface area contributed by atoms with Gasteiger partial charge in [0.05, 0.1) is 10.5 Å². The van der Waals surface area contributed by atoms with E-state index in [0.717, 1.165) is 31.0 Å². The van der Waals surface area contributed by atoms with Crippen LogP contribution in [0.1, 0.15) is 23.2 Å². The van der Waals surface area contributed by atoms with Gasteiger partial charge in [0.2, 0.25) is 10.0 Å². The van der Waals surface area contributed by atoms with Crippen molar-refractivity contribution in [1.82, 2.24) is 4.90 Å². The lowest BCUT2D eigenvalue weighted by Crippen LogP contribution is -2.33. The van der Waals surface area contributed by atoms with Gasteiger partial charge in [0.15, 0.2) is 0 Å². The second kappa shape index (κ2) is 5.34. The molecule has 1 fully saturated rings. The largest absolute Gasteiger partial charge is 0.332 e. The number of benzene rings is 1. The third-order valence-electron chi connectivity index (χ3n) is 3.07. The SMILES string of the molecule is C=CCN(C(=O)c1ccc(S(N)(=O)=O)cc1F)C1CC1. The van der Waals surface area contributed by atoms with Crippen LogP contribution in [0.25, 0.3) is 0 Å². The molecule has 1 saturated carbocycles. The molecular weight excluding hydrogens is 283 g/mol. The van der Waals surface area contributed by atoms with Gasteiger partial charge in [-0.2, -0.15) is 0 Å². The quantitative estimate of drug-likeness (QED) is 0.831. The first kappa shape index (κ1) is 14.7. The van der Waals surface area contributed by atoms with Gasteiger partial charge in [0.25, 0.3) is 5.91 Å². The summed E-state index contributed by atoms with van der Waals surface area (Å²) in [5.41, 5.74) is -0.161. The highest BCUT2D eigenvalue weighted by Gasteiger charge is 2.33. The van der Waals surface area contributed by atoms with E-state index in [9.17, 15) is 17.6 Å². The number of halogens is 1. The number of primary sulfonamides is 1. The van der Waals surface area contributed by atoms with Gasteiger partial charge in [-0.1, -0.05) is 6.08 Å². The van der Waals surface area contributed by atoms with E-state index in [1.54, 1.807) is 6.08 Å². The van der Waals surface area contributed by atoms with Gasteiger partial charge in [-0.3, -0.25) is 4.79 Å². The van der Waals surface area contributed by atoms with Crippen LogP contribution in [0.15, 0.2) is 35.7 Å². The number of hydrogen-bond donors (Lipinski definition) is 1. The van der Waals surface area contributed by atoms with E-state index in [1.165, 1.54) is 4.90 Å². The summed E-state index contributed by atoms with van der Waals surface area (Å²) in [6.07, 6.45) is 3.35. The molecule has 0 bridgehead atoms. The summed E-state index contributed by atoms with van der Waals surface area (Å²) in [7, 11) is -3.98. The van der Waals surface area contributed by atoms with E-state index in [4.69, 9.17) is 5.14 Å². The summed E-state index contributed by atoms with van der Waals surface area (Å²) in [6.45, 7) is 3.91. The minimum absolute atomic E-state index is 0.109. The van der Waals surface area contributed by atoms with Crippen molar-refractivity contribution in [2.75, 3.05) is 6.54 Å². The monoisotopic (exact) mass is 298 g/mol. The molecule has 1 aliphatic rings. The third-order valence-corrected chi connectivity index (χ3v) is 3.98. The Labute approximate surface area is 116 Å². The third kappa shape index (κ3) is 3.05. The average molecular weight is 298 g/mol. The maximum absolute atomic E-state index is 13.9. The Hall–Kier alpha value is -1.73. The van der Waals surface area contributed by atoms with Crippen molar-refractivity contribution in [2.24, 2.45) is 5.14 Å². The second-order valence-electron chi connectivity index (χ2n) is 4.66. The molecule has 7 heteroatoms. The Morgan fingerprint density at radius 3 is 2.60 bits per heavy atom. The Balaban J connectivity index is 2.32. The number of hydrogen-bond acceptors (Lipinski definition) is 3. The minimum atomic E-state index is -3.98. The molecule has 0 saturated heterocycles. The fourth-order valence-electron chi connectivity index (χ4n) is 1.92. The number of amides is 1. The van der Waals surface area contributed by atoms with Gasteiger partial charge in [0.1, 0.15) is 5.82 Å². The molecule has 0 heterocycles. The molecule has 2 rings (SSSR count). The predicted octanol–water partition coefficient (Wildman–Crippen LogP) is 1.26. The van der Waals surface area contributed by atoms with Crippen LogP contribution in [-0.4, -0.2) is 31.8 Å². The molecule has 0 spiro atoms. The number of nitrogens with zero attached hydrogens (tertiary/aromatic N) is 1. The van der Waals surface area contributed by atoms with Crippen molar-refractivity contribution in [3.8, 4) is 0 Å². The molecule has 1 aromatic rings. The Morgan fingerprint density at radius 1 is 1.50 bits per heavy atom. The van der Waals surface area contributed by atoms with Crippen LogP contribution in [0.5, 0.6) is 0 Å². The van der Waals surface area contributed by atoms with Gasteiger partial charge in [-0.15, -0.1) is 6.58 Å². The lowest BCUT2D eigenvalue weighted by molar-refractivity contribution is 0.0758. The molecule has 0 aromatic heterocycles. The van der Waals surface area contributed by atoms with Crippen molar-refractivity contribution < 1.29 is 17.6 Å². The van der Waals surface area contributed by atoms with Crippen LogP contribution in [0, 0.1) is 5.82 Å². The minimum Gasteiger partial charge on any atom is -0.332 e. The number of carbonyl (C=O) groups excluding carboxylic acids is 1. The molecular formula is C13H15FN2O3S. The highest BCUT2D eigenvalue weighted by Crippen LogP contribution is 2.28. The van der Waals surface area contributed by atoms with Crippen molar-refractivity contribution in [3.05, 3.63) is 42.2 Å². The smallest absolute Gasteiger partial charge is 0.257 e. The molecule has 0 radical (unpaired) electrons. The van der Waals surface area contributed by atoms with Gasteiger partial charge < -0.3 is 4.90 Å². The zero-order valence-corrected chi connectivity index (χ0v) is 11.6. The fraction of sp³-hybridized carbons (Fsp3) is 0.308. The van der Waals surface area contributed by atoms with Gasteiger partial charge in [-0.25, -0.2) is 17.9 Å². The van der Waals surface area contributed by atoms with Crippen molar-refractivity contribution in [2.45, 2.75) is 23.8 Å². The summed E-state index contributed by atoms with van der Waals surface area (Å²) >= 11 is 0. The number of nitrogens with two attached hydrogens (primary N) is 1. The van der Waals surface area contributed by atoms with E-state index < -0.39 is 21.7 Å². The Bertz CT molecular complexity index is 654. The highest BCUT2D eigenvalue weighted by atomic mass is 32.2. The number of sulfonamides is 1. The van der Waals surface area contributed by atoms with E-state index in [-0.39, 0.29) is 16.5 Å². The molecule has 5 nitrogen and oxygen atoms in total. The maximum atomic E-state index is 13.9. The topological polar surface area (TPSA) is 80.5 Å². The summed E-state index contributed by atoms with van der Waals surface area (Å²) in [6, 6.07) is 3.15. The molecule has 1 aromatic carbocycles. The lowest BCUT2D eigenvalue weighted by Gasteiger charge is -2.21. The Morgan fingerprint density at radius 2 is 2.15 bits per heavy atom. The van der Waals surface area contributed by atoms with E-state index in [0.29, 0.717) is 6.54 Å². The summed E-state index contributed by atoms with van der Waals surface area (Å²) in [5, 5.41) is 4.91. The number of rotatable bonds is 5. The van der Waals surface area contributed by atoms with Crippen LogP contribution in [-0.2, 0) is 10.0 Å². The van der Waals surface area contributed by atoms with E-state index in [1.807, 2.05) is 0 Å². The summed E-state index contributed by atoms with van der Waals surface area (Å²) in [4.78, 5) is 13.4. The second-order valence-corrected chi connectivity index (χ2v) is 6.23. The van der Waals surface area contributed by atoms with Crippen LogP contribution in [0.2, 0.25) is 0 Å². The maximum Gasteiger partial charge on any atom is 0.257 e. The zero-order chi connectivity index (χ0) is 14.9. The molecule has 0 aliphatic heterocycles. The molecule has 20 heavy (non-hydrogen) atoms. The zero-order valence-electron chi connectivity index (χ0n) is 10.8. The molecule has 2 N–H and O–H groups in total. The molecule has 0 atom stereocenters.